The van der Waals surface area contributed by atoms with Gasteiger partial charge in [0.25, 0.3) is 11.5 Å². The van der Waals surface area contributed by atoms with E-state index in [-0.39, 0.29) is 17.5 Å². The van der Waals surface area contributed by atoms with Gasteiger partial charge in [0.1, 0.15) is 11.9 Å². The summed E-state index contributed by atoms with van der Waals surface area (Å²) in [5.41, 5.74) is 35.2. The fraction of sp³-hybridized carbons (Fsp3) is 0.188. The van der Waals surface area contributed by atoms with E-state index in [1.807, 2.05) is 36.4 Å². The Morgan fingerprint density at radius 2 is 1.49 bits per heavy atom. The van der Waals surface area contributed by atoms with Crippen LogP contribution in [-0.2, 0) is 19.3 Å². The molecule has 73 heavy (non-hydrogen) atoms. The van der Waals surface area contributed by atoms with E-state index in [9.17, 15) is 9.59 Å². The molecule has 7 nitrogen and oxygen atoms in total. The first-order chi connectivity index (χ1) is 35.6. The standard InChI is InChI=1S/C64H41Br2N5O2/c1-71(2)27-43-40-22-36-20-34-18-32-12-13-33-19-35-21-37-23-41(53-52(40)56-49(36)47(34)54-45(32)46(33)55-48(35)50(37)57(53)59(56)58(54)55)51(43)61(71)29-10-8-28(9-11-29)26-67-69-63(72)31-14-16-39(17-15-31)70-62(30-6-4-3-5-7-30)68-60-42(64(70)73)24-38(65)25-44(60)66/h3-17,19,22-26,34,43,51,58-59,61H,18,20-21,27H2,1-2H3/p+1/b67-26+. The Morgan fingerprint density at radius 3 is 2.33 bits per heavy atom. The number of halogens is 2. The van der Waals surface area contributed by atoms with Gasteiger partial charge in [-0.1, -0.05) is 101 Å². The lowest BCUT2D eigenvalue weighted by Crippen LogP contribution is -2.39. The molecule has 1 fully saturated rings. The molecule has 6 atom stereocenters. The minimum Gasteiger partial charge on any atom is -0.321 e. The molecule has 8 aromatic carbocycles. The summed E-state index contributed by atoms with van der Waals surface area (Å²) < 4.78 is 4.02. The number of hydrogen-bond donors (Lipinski definition) is 1. The summed E-state index contributed by atoms with van der Waals surface area (Å²) in [6.45, 7) is 1.10. The van der Waals surface area contributed by atoms with Crippen LogP contribution in [0.25, 0.3) is 72.2 Å². The third-order valence-electron chi connectivity index (χ3n) is 19.0. The second-order valence-corrected chi connectivity index (χ2v) is 24.6. The van der Waals surface area contributed by atoms with Gasteiger partial charge in [0.15, 0.2) is 0 Å². The van der Waals surface area contributed by atoms with E-state index >= 15 is 0 Å². The van der Waals surface area contributed by atoms with Crippen LogP contribution in [0.5, 0.6) is 0 Å². The molecule has 1 aromatic heterocycles. The third-order valence-corrected chi connectivity index (χ3v) is 20.1. The number of hydrogen-bond acceptors (Lipinski definition) is 4. The first kappa shape index (κ1) is 40.4. The fourth-order valence-electron chi connectivity index (χ4n) is 16.7. The average Bonchev–Trinajstić information content (AvgIpc) is 4.21. The molecule has 1 N–H and O–H groups in total. The molecule has 1 aliphatic heterocycles. The molecule has 6 unspecified atom stereocenters. The van der Waals surface area contributed by atoms with Crippen molar-refractivity contribution in [3.63, 3.8) is 0 Å². The monoisotopic (exact) mass is 1070 g/mol. The van der Waals surface area contributed by atoms with Crippen LogP contribution in [0.1, 0.15) is 112 Å². The van der Waals surface area contributed by atoms with Gasteiger partial charge in [-0.05, 0) is 188 Å². The molecule has 1 saturated heterocycles. The molecule has 9 aromatic rings. The van der Waals surface area contributed by atoms with Gasteiger partial charge in [0.2, 0.25) is 0 Å². The molecule has 0 bridgehead atoms. The predicted octanol–water partition coefficient (Wildman–Crippen LogP) is 13.3. The summed E-state index contributed by atoms with van der Waals surface area (Å²) in [7, 11) is 4.93. The Kier molecular flexibility index (Phi) is 7.41. The maximum absolute atomic E-state index is 14.2. The predicted molar refractivity (Wildman–Crippen MR) is 295 cm³/mol. The van der Waals surface area contributed by atoms with Gasteiger partial charge >= 0.3 is 0 Å². The molecular formula is C64H42Br2N5O2+. The molecule has 1 amide bonds. The molecule has 18 rings (SSSR count). The fourth-order valence-corrected chi connectivity index (χ4v) is 18.1. The Bertz CT molecular complexity index is 4360. The van der Waals surface area contributed by atoms with Crippen molar-refractivity contribution in [2.24, 2.45) is 11.0 Å². The highest BCUT2D eigenvalue weighted by atomic mass is 79.9. The lowest BCUT2D eigenvalue weighted by Gasteiger charge is -2.39. The second kappa shape index (κ2) is 13.4. The average molecular weight is 1070 g/mol. The van der Waals surface area contributed by atoms with Crippen molar-refractivity contribution < 1.29 is 9.28 Å². The number of aromatic nitrogens is 2. The number of carbonyl (C=O) groups is 1. The maximum atomic E-state index is 14.2. The first-order valence-corrected chi connectivity index (χ1v) is 27.3. The lowest BCUT2D eigenvalue weighted by molar-refractivity contribution is -0.909. The van der Waals surface area contributed by atoms with Gasteiger partial charge in [0.05, 0.1) is 49.4 Å². The van der Waals surface area contributed by atoms with E-state index in [4.69, 9.17) is 4.98 Å². The second-order valence-electron chi connectivity index (χ2n) is 22.8. The van der Waals surface area contributed by atoms with Gasteiger partial charge in [-0.2, -0.15) is 5.10 Å². The summed E-state index contributed by atoms with van der Waals surface area (Å²) in [4.78, 5) is 32.7. The Balaban J connectivity index is 0.675. The summed E-state index contributed by atoms with van der Waals surface area (Å²) >= 11 is 7.14. The van der Waals surface area contributed by atoms with Gasteiger partial charge < -0.3 is 4.48 Å². The quantitative estimate of drug-likeness (QED) is 0.102. The van der Waals surface area contributed by atoms with Crippen LogP contribution in [0.3, 0.4) is 0 Å². The van der Waals surface area contributed by atoms with Crippen LogP contribution in [0.4, 0.5) is 0 Å². The number of benzene rings is 8. The highest BCUT2D eigenvalue weighted by Crippen LogP contribution is 2.78. The van der Waals surface area contributed by atoms with E-state index in [0.717, 1.165) is 37.5 Å². The maximum Gasteiger partial charge on any atom is 0.271 e. The van der Waals surface area contributed by atoms with Crippen molar-refractivity contribution in [3.8, 4) is 39.3 Å². The number of quaternary nitrogens is 1. The van der Waals surface area contributed by atoms with Gasteiger partial charge in [-0.3, -0.25) is 14.2 Å². The van der Waals surface area contributed by atoms with Crippen molar-refractivity contribution in [1.29, 1.82) is 0 Å². The SMILES string of the molecule is C[N+]1(C)CC2c3cc4c5c6c3-c3c(cc7c8c3C6C3C6=C5C(C4)Cc4ccc5cc(c-8c3c5c46)C7)C2C1c1ccc(/C=N/NC(=O)c2ccc(-n3c(-c4ccccc4)nc4c(Br)cc(Br)cc4c3=O)cc2)cc1. The number of nitrogens with one attached hydrogen (secondary N) is 1. The Morgan fingerprint density at radius 1 is 0.740 bits per heavy atom. The van der Waals surface area contributed by atoms with Crippen LogP contribution in [0.2, 0.25) is 0 Å². The van der Waals surface area contributed by atoms with Crippen LogP contribution in [-0.4, -0.2) is 46.8 Å². The number of carbonyl (C=O) groups excluding carboxylic acids is 1. The lowest BCUT2D eigenvalue weighted by atomic mass is 9.63. The van der Waals surface area contributed by atoms with E-state index in [1.54, 1.807) is 141 Å². The highest BCUT2D eigenvalue weighted by Gasteiger charge is 2.62. The van der Waals surface area contributed by atoms with Crippen molar-refractivity contribution in [2.75, 3.05) is 20.6 Å². The van der Waals surface area contributed by atoms with Crippen LogP contribution >= 0.6 is 31.9 Å². The molecule has 0 radical (unpaired) electrons. The summed E-state index contributed by atoms with van der Waals surface area (Å²) in [5.74, 6) is 2.45. The van der Waals surface area contributed by atoms with Crippen LogP contribution in [0, 0.1) is 5.92 Å². The zero-order valence-electron chi connectivity index (χ0n) is 39.8. The Labute approximate surface area is 436 Å². The number of rotatable bonds is 6. The number of amides is 1. The summed E-state index contributed by atoms with van der Waals surface area (Å²) in [5, 5.41) is 7.97. The number of likely N-dealkylation sites (tertiary alicyclic amines) is 1. The highest BCUT2D eigenvalue weighted by molar-refractivity contribution is 9.11. The van der Waals surface area contributed by atoms with Crippen molar-refractivity contribution >= 4 is 76.8 Å². The molecule has 2 heterocycles. The van der Waals surface area contributed by atoms with E-state index in [1.165, 1.54) is 23.8 Å². The summed E-state index contributed by atoms with van der Waals surface area (Å²) in [6, 6.07) is 42.6. The van der Waals surface area contributed by atoms with E-state index < -0.39 is 0 Å². The molecule has 0 saturated carbocycles. The zero-order valence-corrected chi connectivity index (χ0v) is 43.0. The largest absolute Gasteiger partial charge is 0.321 e. The van der Waals surface area contributed by atoms with E-state index in [2.05, 4.69) is 111 Å². The van der Waals surface area contributed by atoms with Crippen molar-refractivity contribution in [1.82, 2.24) is 15.0 Å². The molecular weight excluding hydrogens is 1030 g/mol. The Hall–Kier alpha value is -7.04. The van der Waals surface area contributed by atoms with Crippen LogP contribution in [0.15, 0.2) is 140 Å². The normalized spacial score (nSPS) is 23.0. The van der Waals surface area contributed by atoms with E-state index in [0.29, 0.717) is 57.6 Å². The van der Waals surface area contributed by atoms with Gasteiger partial charge in [-0.25, -0.2) is 10.4 Å². The van der Waals surface area contributed by atoms with Crippen LogP contribution < -0.4 is 11.0 Å². The first-order valence-electron chi connectivity index (χ1n) is 25.7. The number of nitrogens with zero attached hydrogens (tertiary/aromatic N) is 4. The number of fused-ring (bicyclic) bond motifs is 4. The third kappa shape index (κ3) is 4.83. The van der Waals surface area contributed by atoms with Crippen molar-refractivity contribution in [2.45, 2.75) is 49.0 Å². The topological polar surface area (TPSA) is 76.3 Å². The molecule has 9 heteroatoms. The number of allylic oxidation sites excluding steroid dienone is 2. The molecule has 8 aliphatic carbocycles. The smallest absolute Gasteiger partial charge is 0.271 e. The molecule has 0 spiro atoms. The minimum absolute atomic E-state index is 0.213. The summed E-state index contributed by atoms with van der Waals surface area (Å²) in [6.07, 6.45) is 5.11. The van der Waals surface area contributed by atoms with Gasteiger partial charge in [-0.15, -0.1) is 0 Å². The molecule has 9 aliphatic rings. The minimum atomic E-state index is -0.341. The number of hydrazone groups is 1. The number of likely N-dealkylation sites (N-methyl/N-ethyl adjacent to an activating group) is 1. The molecule has 348 valence electrons. The van der Waals surface area contributed by atoms with Gasteiger partial charge in [0, 0.05) is 43.4 Å². The van der Waals surface area contributed by atoms with Crippen molar-refractivity contribution in [3.05, 3.63) is 219 Å². The zero-order chi connectivity index (χ0) is 48.2.